The summed E-state index contributed by atoms with van der Waals surface area (Å²) >= 11 is 2.04. The summed E-state index contributed by atoms with van der Waals surface area (Å²) in [6, 6.07) is 6.64. The third kappa shape index (κ3) is 4.18. The minimum absolute atomic E-state index is 0.185. The standard InChI is InChI=1S/C14H21FN2S/c1-14(2)11-17(8-9-18-14)7-6-16-13-5-3-4-12(15)10-13/h3-5,10,16H,6-9,11H2,1-2H3. The zero-order valence-electron chi connectivity index (χ0n) is 11.1. The van der Waals surface area contributed by atoms with Crippen LogP contribution in [0.3, 0.4) is 0 Å². The third-order valence-electron chi connectivity index (χ3n) is 3.09. The van der Waals surface area contributed by atoms with Gasteiger partial charge in [0.15, 0.2) is 0 Å². The largest absolute Gasteiger partial charge is 0.384 e. The first-order valence-electron chi connectivity index (χ1n) is 6.41. The van der Waals surface area contributed by atoms with Crippen LogP contribution >= 0.6 is 11.8 Å². The normalized spacial score (nSPS) is 19.7. The van der Waals surface area contributed by atoms with Gasteiger partial charge in [-0.2, -0.15) is 11.8 Å². The lowest BCUT2D eigenvalue weighted by atomic mass is 10.2. The Balaban J connectivity index is 1.75. The molecule has 1 fully saturated rings. The van der Waals surface area contributed by atoms with Gasteiger partial charge in [-0.25, -0.2) is 4.39 Å². The van der Waals surface area contributed by atoms with Crippen molar-refractivity contribution in [3.8, 4) is 0 Å². The van der Waals surface area contributed by atoms with Crippen LogP contribution < -0.4 is 5.32 Å². The van der Waals surface area contributed by atoms with E-state index in [1.54, 1.807) is 6.07 Å². The third-order valence-corrected chi connectivity index (χ3v) is 4.38. The smallest absolute Gasteiger partial charge is 0.125 e. The van der Waals surface area contributed by atoms with Gasteiger partial charge in [0.2, 0.25) is 0 Å². The van der Waals surface area contributed by atoms with Gasteiger partial charge in [0.05, 0.1) is 0 Å². The molecule has 4 heteroatoms. The van der Waals surface area contributed by atoms with Crippen LogP contribution in [-0.4, -0.2) is 41.6 Å². The van der Waals surface area contributed by atoms with Gasteiger partial charge >= 0.3 is 0 Å². The Hall–Kier alpha value is -0.740. The van der Waals surface area contributed by atoms with E-state index in [0.29, 0.717) is 4.75 Å². The number of nitrogens with one attached hydrogen (secondary N) is 1. The summed E-state index contributed by atoms with van der Waals surface area (Å²) in [5.74, 6) is 1.02. The molecule has 1 aliphatic rings. The van der Waals surface area contributed by atoms with Crippen LogP contribution in [0.4, 0.5) is 10.1 Å². The topological polar surface area (TPSA) is 15.3 Å². The zero-order chi connectivity index (χ0) is 13.0. The second-order valence-corrected chi connectivity index (χ2v) is 7.12. The van der Waals surface area contributed by atoms with Crippen molar-refractivity contribution in [2.75, 3.05) is 37.2 Å². The number of anilines is 1. The van der Waals surface area contributed by atoms with Gasteiger partial charge < -0.3 is 5.32 Å². The van der Waals surface area contributed by atoms with Crippen molar-refractivity contribution in [3.05, 3.63) is 30.1 Å². The molecule has 0 saturated carbocycles. The number of thioether (sulfide) groups is 1. The summed E-state index contributed by atoms with van der Waals surface area (Å²) in [6.07, 6.45) is 0. The minimum Gasteiger partial charge on any atom is -0.384 e. The molecule has 0 aliphatic carbocycles. The molecule has 1 aromatic rings. The van der Waals surface area contributed by atoms with Crippen LogP contribution in [0.5, 0.6) is 0 Å². The molecule has 1 N–H and O–H groups in total. The average molecular weight is 268 g/mol. The molecule has 1 aromatic carbocycles. The molecule has 0 bridgehead atoms. The van der Waals surface area contributed by atoms with Gasteiger partial charge in [-0.1, -0.05) is 6.07 Å². The highest BCUT2D eigenvalue weighted by Gasteiger charge is 2.26. The highest BCUT2D eigenvalue weighted by Crippen LogP contribution is 2.29. The average Bonchev–Trinajstić information content (AvgIpc) is 2.28. The van der Waals surface area contributed by atoms with E-state index in [-0.39, 0.29) is 5.82 Å². The zero-order valence-corrected chi connectivity index (χ0v) is 11.9. The second-order valence-electron chi connectivity index (χ2n) is 5.32. The van der Waals surface area contributed by atoms with Crippen LogP contribution in [0.2, 0.25) is 0 Å². The maximum atomic E-state index is 13.0. The van der Waals surface area contributed by atoms with Crippen molar-refractivity contribution in [1.29, 1.82) is 0 Å². The molecule has 2 nitrogen and oxygen atoms in total. The molecule has 0 atom stereocenters. The van der Waals surface area contributed by atoms with E-state index in [1.807, 2.05) is 17.8 Å². The summed E-state index contributed by atoms with van der Waals surface area (Å²) in [7, 11) is 0. The van der Waals surface area contributed by atoms with E-state index < -0.39 is 0 Å². The number of nitrogens with zero attached hydrogens (tertiary/aromatic N) is 1. The first kappa shape index (κ1) is 13.7. The fraction of sp³-hybridized carbons (Fsp3) is 0.571. The monoisotopic (exact) mass is 268 g/mol. The van der Waals surface area contributed by atoms with Gasteiger partial charge in [-0.05, 0) is 32.0 Å². The Morgan fingerprint density at radius 1 is 1.44 bits per heavy atom. The predicted octanol–water partition coefficient (Wildman–Crippen LogP) is 3.07. The number of benzene rings is 1. The number of hydrogen-bond acceptors (Lipinski definition) is 3. The van der Waals surface area contributed by atoms with Gasteiger partial charge in [-0.3, -0.25) is 4.90 Å². The van der Waals surface area contributed by atoms with Crippen LogP contribution in [0.25, 0.3) is 0 Å². The summed E-state index contributed by atoms with van der Waals surface area (Å²) in [6.45, 7) is 8.75. The van der Waals surface area contributed by atoms with Crippen molar-refractivity contribution >= 4 is 17.4 Å². The van der Waals surface area contributed by atoms with Gasteiger partial charge in [0, 0.05) is 42.4 Å². The summed E-state index contributed by atoms with van der Waals surface area (Å²) < 4.78 is 13.4. The summed E-state index contributed by atoms with van der Waals surface area (Å²) in [5, 5.41) is 3.27. The number of halogens is 1. The molecule has 1 saturated heterocycles. The van der Waals surface area contributed by atoms with Crippen molar-refractivity contribution in [1.82, 2.24) is 4.90 Å². The molecule has 0 radical (unpaired) electrons. The summed E-state index contributed by atoms with van der Waals surface area (Å²) in [5.41, 5.74) is 0.862. The fourth-order valence-corrected chi connectivity index (χ4v) is 3.44. The van der Waals surface area contributed by atoms with Crippen molar-refractivity contribution in [2.24, 2.45) is 0 Å². The molecular weight excluding hydrogens is 247 g/mol. The lowest BCUT2D eigenvalue weighted by molar-refractivity contribution is 0.270. The van der Waals surface area contributed by atoms with E-state index in [4.69, 9.17) is 0 Å². The van der Waals surface area contributed by atoms with Gasteiger partial charge in [0.1, 0.15) is 5.82 Å². The molecule has 1 aliphatic heterocycles. The molecular formula is C14H21FN2S. The SMILES string of the molecule is CC1(C)CN(CCNc2cccc(F)c2)CCS1. The first-order valence-corrected chi connectivity index (χ1v) is 7.39. The van der Waals surface area contributed by atoms with E-state index in [1.165, 1.54) is 17.9 Å². The maximum absolute atomic E-state index is 13.0. The highest BCUT2D eigenvalue weighted by atomic mass is 32.2. The molecule has 1 heterocycles. The molecule has 0 amide bonds. The Bertz CT molecular complexity index is 395. The molecule has 0 unspecified atom stereocenters. The summed E-state index contributed by atoms with van der Waals surface area (Å²) in [4.78, 5) is 2.47. The molecule has 0 aromatic heterocycles. The van der Waals surface area contributed by atoms with Crippen LogP contribution in [0, 0.1) is 5.82 Å². The molecule has 2 rings (SSSR count). The molecule has 0 spiro atoms. The highest BCUT2D eigenvalue weighted by molar-refractivity contribution is 8.00. The minimum atomic E-state index is -0.185. The van der Waals surface area contributed by atoms with E-state index >= 15 is 0 Å². The van der Waals surface area contributed by atoms with Crippen LogP contribution in [-0.2, 0) is 0 Å². The number of hydrogen-bond donors (Lipinski definition) is 1. The lowest BCUT2D eigenvalue weighted by Crippen LogP contribution is -2.44. The Kier molecular flexibility index (Phi) is 4.51. The Morgan fingerprint density at radius 3 is 3.00 bits per heavy atom. The molecule has 18 heavy (non-hydrogen) atoms. The van der Waals surface area contributed by atoms with E-state index in [2.05, 4.69) is 24.1 Å². The fourth-order valence-electron chi connectivity index (χ4n) is 2.26. The van der Waals surface area contributed by atoms with E-state index in [0.717, 1.165) is 31.9 Å². The van der Waals surface area contributed by atoms with Crippen LogP contribution in [0.1, 0.15) is 13.8 Å². The molecule has 100 valence electrons. The van der Waals surface area contributed by atoms with Crippen molar-refractivity contribution < 1.29 is 4.39 Å². The number of rotatable bonds is 4. The van der Waals surface area contributed by atoms with Crippen molar-refractivity contribution in [3.63, 3.8) is 0 Å². The van der Waals surface area contributed by atoms with Gasteiger partial charge in [-0.15, -0.1) is 0 Å². The van der Waals surface area contributed by atoms with Crippen LogP contribution in [0.15, 0.2) is 24.3 Å². The van der Waals surface area contributed by atoms with Crippen molar-refractivity contribution in [2.45, 2.75) is 18.6 Å². The first-order chi connectivity index (χ1) is 8.55. The van der Waals surface area contributed by atoms with Gasteiger partial charge in [0.25, 0.3) is 0 Å². The van der Waals surface area contributed by atoms with E-state index in [9.17, 15) is 4.39 Å². The Labute approximate surface area is 113 Å². The quantitative estimate of drug-likeness (QED) is 0.903. The lowest BCUT2D eigenvalue weighted by Gasteiger charge is -2.37. The Morgan fingerprint density at radius 2 is 2.28 bits per heavy atom. The maximum Gasteiger partial charge on any atom is 0.125 e. The second kappa shape index (κ2) is 5.93. The predicted molar refractivity (Wildman–Crippen MR) is 77.9 cm³/mol.